The van der Waals surface area contributed by atoms with Crippen molar-refractivity contribution in [2.24, 2.45) is 0 Å². The van der Waals surface area contributed by atoms with Crippen molar-refractivity contribution in [2.45, 2.75) is 39.8 Å². The molecule has 1 aromatic heterocycles. The monoisotopic (exact) mass is 278 g/mol. The van der Waals surface area contributed by atoms with E-state index < -0.39 is 0 Å². The van der Waals surface area contributed by atoms with Gasteiger partial charge in [0.15, 0.2) is 0 Å². The topological polar surface area (TPSA) is 24.9 Å². The fourth-order valence-corrected chi connectivity index (χ4v) is 2.94. The Labute approximate surface area is 117 Å². The second-order valence-corrected chi connectivity index (χ2v) is 5.87. The molecular weight excluding hydrogens is 259 g/mol. The number of benzene rings is 1. The Bertz CT molecular complexity index is 549. The maximum Gasteiger partial charge on any atom is 0.124 e. The van der Waals surface area contributed by atoms with Crippen LogP contribution in [0.5, 0.6) is 0 Å². The van der Waals surface area contributed by atoms with E-state index in [1.165, 1.54) is 17.0 Å². The normalized spacial score (nSPS) is 11.2. The van der Waals surface area contributed by atoms with Crippen molar-refractivity contribution in [1.82, 2.24) is 10.3 Å². The second-order valence-electron chi connectivity index (χ2n) is 4.79. The van der Waals surface area contributed by atoms with Gasteiger partial charge in [0.1, 0.15) is 10.8 Å². The molecule has 0 amide bonds. The van der Waals surface area contributed by atoms with E-state index in [-0.39, 0.29) is 5.82 Å². The maximum absolute atomic E-state index is 13.3. The zero-order chi connectivity index (χ0) is 13.8. The average molecular weight is 278 g/mol. The van der Waals surface area contributed by atoms with Crippen LogP contribution in [0.2, 0.25) is 0 Å². The summed E-state index contributed by atoms with van der Waals surface area (Å²) in [6.45, 7) is 7.18. The van der Waals surface area contributed by atoms with Gasteiger partial charge in [-0.15, -0.1) is 11.3 Å². The molecule has 2 aromatic rings. The van der Waals surface area contributed by atoms with E-state index in [4.69, 9.17) is 0 Å². The van der Waals surface area contributed by atoms with E-state index >= 15 is 0 Å². The standard InChI is InChI=1S/C15H19FN2S/c1-4-13-14(9-17-10(2)3)19-15(18-13)11-6-5-7-12(16)8-11/h5-8,10,17H,4,9H2,1-3H3. The zero-order valence-corrected chi connectivity index (χ0v) is 12.4. The summed E-state index contributed by atoms with van der Waals surface area (Å²) in [7, 11) is 0. The number of hydrogen-bond acceptors (Lipinski definition) is 3. The Morgan fingerprint density at radius 2 is 2.16 bits per heavy atom. The molecule has 0 radical (unpaired) electrons. The number of halogens is 1. The molecule has 0 spiro atoms. The minimum atomic E-state index is -0.215. The van der Waals surface area contributed by atoms with Crippen LogP contribution in [-0.4, -0.2) is 11.0 Å². The predicted octanol–water partition coefficient (Wildman–Crippen LogP) is 4.01. The first-order valence-electron chi connectivity index (χ1n) is 6.58. The molecule has 0 unspecified atom stereocenters. The molecule has 0 aliphatic heterocycles. The fraction of sp³-hybridized carbons (Fsp3) is 0.400. The molecule has 1 N–H and O–H groups in total. The minimum absolute atomic E-state index is 0.215. The highest BCUT2D eigenvalue weighted by Crippen LogP contribution is 2.28. The van der Waals surface area contributed by atoms with Gasteiger partial charge in [0.25, 0.3) is 0 Å². The second kappa shape index (κ2) is 6.26. The number of nitrogens with one attached hydrogen (secondary N) is 1. The average Bonchev–Trinajstić information content (AvgIpc) is 2.79. The summed E-state index contributed by atoms with van der Waals surface area (Å²) in [4.78, 5) is 5.88. The molecule has 1 aromatic carbocycles. The first-order chi connectivity index (χ1) is 9.10. The Kier molecular flexibility index (Phi) is 4.66. The van der Waals surface area contributed by atoms with Gasteiger partial charge < -0.3 is 5.32 Å². The molecule has 0 aliphatic carbocycles. The molecule has 0 atom stereocenters. The van der Waals surface area contributed by atoms with Crippen molar-refractivity contribution in [1.29, 1.82) is 0 Å². The van der Waals surface area contributed by atoms with E-state index in [0.717, 1.165) is 29.2 Å². The third-order valence-corrected chi connectivity index (χ3v) is 4.00. The van der Waals surface area contributed by atoms with Crippen LogP contribution < -0.4 is 5.32 Å². The molecule has 19 heavy (non-hydrogen) atoms. The lowest BCUT2D eigenvalue weighted by molar-refractivity contribution is 0.590. The highest BCUT2D eigenvalue weighted by molar-refractivity contribution is 7.15. The van der Waals surface area contributed by atoms with Crippen molar-refractivity contribution in [3.05, 3.63) is 40.7 Å². The van der Waals surface area contributed by atoms with Gasteiger partial charge in [0, 0.05) is 23.0 Å². The quantitative estimate of drug-likeness (QED) is 0.894. The molecule has 1 heterocycles. The fourth-order valence-electron chi connectivity index (χ4n) is 1.84. The highest BCUT2D eigenvalue weighted by atomic mass is 32.1. The van der Waals surface area contributed by atoms with Crippen molar-refractivity contribution >= 4 is 11.3 Å². The Balaban J connectivity index is 2.27. The van der Waals surface area contributed by atoms with Crippen LogP contribution in [0.1, 0.15) is 31.3 Å². The lowest BCUT2D eigenvalue weighted by Crippen LogP contribution is -2.21. The van der Waals surface area contributed by atoms with Crippen LogP contribution in [0.3, 0.4) is 0 Å². The van der Waals surface area contributed by atoms with E-state index in [0.29, 0.717) is 6.04 Å². The largest absolute Gasteiger partial charge is 0.310 e. The molecule has 0 fully saturated rings. The van der Waals surface area contributed by atoms with Crippen LogP contribution in [0.4, 0.5) is 4.39 Å². The van der Waals surface area contributed by atoms with Gasteiger partial charge in [-0.25, -0.2) is 9.37 Å². The molecule has 0 aliphatic rings. The van der Waals surface area contributed by atoms with E-state index in [2.05, 4.69) is 31.1 Å². The summed E-state index contributed by atoms with van der Waals surface area (Å²) < 4.78 is 13.3. The molecule has 0 saturated carbocycles. The first-order valence-corrected chi connectivity index (χ1v) is 7.39. The minimum Gasteiger partial charge on any atom is -0.310 e. The lowest BCUT2D eigenvalue weighted by Gasteiger charge is -2.06. The van der Waals surface area contributed by atoms with Gasteiger partial charge in [-0.3, -0.25) is 0 Å². The number of rotatable bonds is 5. The van der Waals surface area contributed by atoms with Crippen LogP contribution in [0.15, 0.2) is 24.3 Å². The predicted molar refractivity (Wildman–Crippen MR) is 78.9 cm³/mol. The first kappa shape index (κ1) is 14.2. The van der Waals surface area contributed by atoms with Crippen molar-refractivity contribution in [3.63, 3.8) is 0 Å². The van der Waals surface area contributed by atoms with Crippen molar-refractivity contribution < 1.29 is 4.39 Å². The highest BCUT2D eigenvalue weighted by Gasteiger charge is 2.11. The smallest absolute Gasteiger partial charge is 0.124 e. The van der Waals surface area contributed by atoms with Crippen LogP contribution in [-0.2, 0) is 13.0 Å². The summed E-state index contributed by atoms with van der Waals surface area (Å²) in [5.74, 6) is -0.215. The van der Waals surface area contributed by atoms with Crippen molar-refractivity contribution in [3.8, 4) is 10.6 Å². The van der Waals surface area contributed by atoms with Gasteiger partial charge in [-0.2, -0.15) is 0 Å². The molecular formula is C15H19FN2S. The van der Waals surface area contributed by atoms with Crippen LogP contribution in [0, 0.1) is 5.82 Å². The van der Waals surface area contributed by atoms with Crippen LogP contribution >= 0.6 is 11.3 Å². The number of aryl methyl sites for hydroxylation is 1. The van der Waals surface area contributed by atoms with Gasteiger partial charge in [0.05, 0.1) is 5.69 Å². The SMILES string of the molecule is CCc1nc(-c2cccc(F)c2)sc1CNC(C)C. The Hall–Kier alpha value is -1.26. The summed E-state index contributed by atoms with van der Waals surface area (Å²) >= 11 is 1.65. The summed E-state index contributed by atoms with van der Waals surface area (Å²) in [5.41, 5.74) is 1.97. The number of nitrogens with zero attached hydrogens (tertiary/aromatic N) is 1. The summed E-state index contributed by atoms with van der Waals surface area (Å²) in [6.07, 6.45) is 0.904. The number of thiazole rings is 1. The molecule has 2 nitrogen and oxygen atoms in total. The maximum atomic E-state index is 13.3. The zero-order valence-electron chi connectivity index (χ0n) is 11.5. The molecule has 0 saturated heterocycles. The van der Waals surface area contributed by atoms with Crippen molar-refractivity contribution in [2.75, 3.05) is 0 Å². The molecule has 4 heteroatoms. The van der Waals surface area contributed by atoms with Crippen LogP contribution in [0.25, 0.3) is 10.6 Å². The van der Waals surface area contributed by atoms with E-state index in [1.807, 2.05) is 6.07 Å². The lowest BCUT2D eigenvalue weighted by atomic mass is 10.2. The third-order valence-electron chi connectivity index (χ3n) is 2.86. The third kappa shape index (κ3) is 3.61. The Morgan fingerprint density at radius 1 is 1.37 bits per heavy atom. The summed E-state index contributed by atoms with van der Waals surface area (Å²) in [6, 6.07) is 7.08. The molecule has 2 rings (SSSR count). The van der Waals surface area contributed by atoms with Gasteiger partial charge in [-0.1, -0.05) is 32.9 Å². The number of hydrogen-bond donors (Lipinski definition) is 1. The van der Waals surface area contributed by atoms with Gasteiger partial charge in [-0.05, 0) is 18.6 Å². The van der Waals surface area contributed by atoms with Gasteiger partial charge >= 0.3 is 0 Å². The molecule has 102 valence electrons. The van der Waals surface area contributed by atoms with Gasteiger partial charge in [0.2, 0.25) is 0 Å². The number of aromatic nitrogens is 1. The van der Waals surface area contributed by atoms with E-state index in [9.17, 15) is 4.39 Å². The Morgan fingerprint density at radius 3 is 2.79 bits per heavy atom. The summed E-state index contributed by atoms with van der Waals surface area (Å²) in [5, 5.41) is 4.31. The molecule has 0 bridgehead atoms. The van der Waals surface area contributed by atoms with E-state index in [1.54, 1.807) is 17.4 Å².